The molecule has 3 fully saturated rings. The average molecular weight is 283 g/mol. The van der Waals surface area contributed by atoms with E-state index in [9.17, 15) is 4.79 Å². The van der Waals surface area contributed by atoms with Crippen LogP contribution in [0.1, 0.15) is 39.0 Å². The van der Waals surface area contributed by atoms with Crippen LogP contribution in [0.4, 0.5) is 0 Å². The van der Waals surface area contributed by atoms with Gasteiger partial charge in [0.2, 0.25) is 0 Å². The highest BCUT2D eigenvalue weighted by molar-refractivity contribution is 5.71. The summed E-state index contributed by atoms with van der Waals surface area (Å²) in [6.45, 7) is 5.04. The summed E-state index contributed by atoms with van der Waals surface area (Å²) in [5.41, 5.74) is -0.0925. The normalized spacial score (nSPS) is 33.8. The van der Waals surface area contributed by atoms with Gasteiger partial charge < -0.3 is 14.2 Å². The Bertz CT molecular complexity index is 350. The van der Waals surface area contributed by atoms with Gasteiger partial charge in [-0.15, -0.1) is 0 Å². The molecule has 0 radical (unpaired) electrons. The van der Waals surface area contributed by atoms with E-state index in [2.05, 4.69) is 4.90 Å². The summed E-state index contributed by atoms with van der Waals surface area (Å²) in [5, 5.41) is 0. The third-order valence-electron chi connectivity index (χ3n) is 4.64. The van der Waals surface area contributed by atoms with Crippen LogP contribution in [0.3, 0.4) is 0 Å². The Morgan fingerprint density at radius 1 is 1.30 bits per heavy atom. The zero-order chi connectivity index (χ0) is 14.0. The summed E-state index contributed by atoms with van der Waals surface area (Å²) in [6, 6.07) is 1.00. The van der Waals surface area contributed by atoms with Crippen molar-refractivity contribution in [3.63, 3.8) is 0 Å². The quantitative estimate of drug-likeness (QED) is 0.713. The summed E-state index contributed by atoms with van der Waals surface area (Å²) in [4.78, 5) is 14.2. The number of hydrogen-bond acceptors (Lipinski definition) is 5. The van der Waals surface area contributed by atoms with Crippen LogP contribution in [-0.2, 0) is 19.0 Å². The predicted octanol–water partition coefficient (Wildman–Crippen LogP) is 1.35. The Kier molecular flexibility index (Phi) is 4.29. The van der Waals surface area contributed by atoms with Crippen molar-refractivity contribution in [2.45, 2.75) is 56.7 Å². The molecule has 0 aromatic heterocycles. The van der Waals surface area contributed by atoms with Crippen LogP contribution in [0.15, 0.2) is 0 Å². The van der Waals surface area contributed by atoms with Crippen LogP contribution in [0, 0.1) is 0 Å². The molecule has 0 N–H and O–H groups in total. The minimum Gasteiger partial charge on any atom is -0.465 e. The first kappa shape index (κ1) is 14.3. The maximum absolute atomic E-state index is 11.8. The summed E-state index contributed by atoms with van der Waals surface area (Å²) in [6.07, 6.45) is 5.41. The van der Waals surface area contributed by atoms with Gasteiger partial charge in [-0.3, -0.25) is 9.69 Å². The molecule has 2 aliphatic heterocycles. The molecular weight excluding hydrogens is 258 g/mol. The van der Waals surface area contributed by atoms with Crippen LogP contribution in [0.2, 0.25) is 0 Å². The van der Waals surface area contributed by atoms with Gasteiger partial charge in [-0.2, -0.15) is 0 Å². The molecule has 1 spiro atoms. The van der Waals surface area contributed by atoms with Gasteiger partial charge in [-0.25, -0.2) is 0 Å². The SMILES string of the molecule is CCOC(=O)CN(C1CC1)C1CCOC2(CCOC2)C1. The molecule has 2 saturated heterocycles. The third kappa shape index (κ3) is 3.15. The van der Waals surface area contributed by atoms with Gasteiger partial charge in [0.05, 0.1) is 25.4 Å². The molecule has 0 aromatic carbocycles. The lowest BCUT2D eigenvalue weighted by Crippen LogP contribution is -2.51. The molecule has 114 valence electrons. The Hall–Kier alpha value is -0.650. The Balaban J connectivity index is 1.63. The van der Waals surface area contributed by atoms with Crippen molar-refractivity contribution in [1.82, 2.24) is 4.90 Å². The molecule has 1 aliphatic carbocycles. The smallest absolute Gasteiger partial charge is 0.320 e. The number of hydrogen-bond donors (Lipinski definition) is 0. The summed E-state index contributed by atoms with van der Waals surface area (Å²) >= 11 is 0. The van der Waals surface area contributed by atoms with Gasteiger partial charge in [0.15, 0.2) is 0 Å². The topological polar surface area (TPSA) is 48.0 Å². The first-order valence-electron chi connectivity index (χ1n) is 7.85. The van der Waals surface area contributed by atoms with Gasteiger partial charge in [0, 0.05) is 31.7 Å². The molecule has 2 atom stereocenters. The van der Waals surface area contributed by atoms with Crippen LogP contribution in [0.5, 0.6) is 0 Å². The minimum atomic E-state index is -0.0948. The molecule has 2 heterocycles. The van der Waals surface area contributed by atoms with Gasteiger partial charge in [-0.05, 0) is 32.6 Å². The lowest BCUT2D eigenvalue weighted by atomic mass is 9.88. The number of carbonyl (C=O) groups is 1. The van der Waals surface area contributed by atoms with Crippen molar-refractivity contribution < 1.29 is 19.0 Å². The van der Waals surface area contributed by atoms with Crippen LogP contribution in [0.25, 0.3) is 0 Å². The second kappa shape index (κ2) is 6.00. The lowest BCUT2D eigenvalue weighted by Gasteiger charge is -2.42. The predicted molar refractivity (Wildman–Crippen MR) is 73.5 cm³/mol. The van der Waals surface area contributed by atoms with Crippen LogP contribution < -0.4 is 0 Å². The van der Waals surface area contributed by atoms with E-state index in [-0.39, 0.29) is 11.6 Å². The van der Waals surface area contributed by atoms with E-state index in [0.29, 0.717) is 31.8 Å². The fourth-order valence-corrected chi connectivity index (χ4v) is 3.47. The van der Waals surface area contributed by atoms with E-state index in [0.717, 1.165) is 32.5 Å². The number of ether oxygens (including phenoxy) is 3. The molecular formula is C15H25NO4. The zero-order valence-electron chi connectivity index (χ0n) is 12.3. The fraction of sp³-hybridized carbons (Fsp3) is 0.933. The van der Waals surface area contributed by atoms with E-state index in [1.807, 2.05) is 6.92 Å². The number of nitrogens with zero attached hydrogens (tertiary/aromatic N) is 1. The first-order chi connectivity index (χ1) is 9.72. The summed E-state index contributed by atoms with van der Waals surface area (Å²) in [5.74, 6) is -0.0948. The van der Waals surface area contributed by atoms with Gasteiger partial charge >= 0.3 is 5.97 Å². The summed E-state index contributed by atoms with van der Waals surface area (Å²) in [7, 11) is 0. The molecule has 3 rings (SSSR count). The van der Waals surface area contributed by atoms with Crippen molar-refractivity contribution in [1.29, 1.82) is 0 Å². The van der Waals surface area contributed by atoms with Crippen molar-refractivity contribution in [2.24, 2.45) is 0 Å². The van der Waals surface area contributed by atoms with Crippen molar-refractivity contribution in [3.8, 4) is 0 Å². The van der Waals surface area contributed by atoms with E-state index in [4.69, 9.17) is 14.2 Å². The number of esters is 1. The number of carbonyl (C=O) groups excluding carboxylic acids is 1. The standard InChI is InChI=1S/C15H25NO4/c1-2-19-14(17)10-16(12-3-4-12)13-5-7-20-15(9-13)6-8-18-11-15/h12-13H,2-11H2,1H3. The maximum atomic E-state index is 11.8. The Morgan fingerprint density at radius 3 is 2.80 bits per heavy atom. The van der Waals surface area contributed by atoms with Crippen molar-refractivity contribution in [2.75, 3.05) is 33.0 Å². The highest BCUT2D eigenvalue weighted by Crippen LogP contribution is 2.38. The highest BCUT2D eigenvalue weighted by atomic mass is 16.6. The molecule has 1 saturated carbocycles. The summed E-state index contributed by atoms with van der Waals surface area (Å²) < 4.78 is 16.6. The van der Waals surface area contributed by atoms with Gasteiger partial charge in [0.25, 0.3) is 0 Å². The maximum Gasteiger partial charge on any atom is 0.320 e. The molecule has 2 unspecified atom stereocenters. The molecule has 3 aliphatic rings. The molecule has 0 bridgehead atoms. The molecule has 20 heavy (non-hydrogen) atoms. The van der Waals surface area contributed by atoms with Gasteiger partial charge in [-0.1, -0.05) is 0 Å². The first-order valence-corrected chi connectivity index (χ1v) is 7.85. The van der Waals surface area contributed by atoms with E-state index in [1.54, 1.807) is 0 Å². The monoisotopic (exact) mass is 283 g/mol. The Morgan fingerprint density at radius 2 is 2.15 bits per heavy atom. The average Bonchev–Trinajstić information content (AvgIpc) is 3.19. The second-order valence-electron chi connectivity index (χ2n) is 6.19. The Labute approximate surface area is 120 Å². The van der Waals surface area contributed by atoms with Gasteiger partial charge in [0.1, 0.15) is 0 Å². The fourth-order valence-electron chi connectivity index (χ4n) is 3.47. The second-order valence-corrected chi connectivity index (χ2v) is 6.19. The molecule has 0 aromatic rings. The molecule has 5 heteroatoms. The highest BCUT2D eigenvalue weighted by Gasteiger charge is 2.45. The van der Waals surface area contributed by atoms with Crippen molar-refractivity contribution >= 4 is 5.97 Å². The number of rotatable bonds is 5. The van der Waals surface area contributed by atoms with Crippen LogP contribution in [-0.4, -0.2) is 61.5 Å². The van der Waals surface area contributed by atoms with E-state index in [1.165, 1.54) is 12.8 Å². The van der Waals surface area contributed by atoms with E-state index < -0.39 is 0 Å². The van der Waals surface area contributed by atoms with Crippen LogP contribution >= 0.6 is 0 Å². The van der Waals surface area contributed by atoms with E-state index >= 15 is 0 Å². The molecule has 0 amide bonds. The van der Waals surface area contributed by atoms with Crippen molar-refractivity contribution in [3.05, 3.63) is 0 Å². The third-order valence-corrected chi connectivity index (χ3v) is 4.64. The lowest BCUT2D eigenvalue weighted by molar-refractivity contribution is -0.148. The minimum absolute atomic E-state index is 0.0925. The largest absolute Gasteiger partial charge is 0.465 e. The molecule has 5 nitrogen and oxygen atoms in total. The zero-order valence-corrected chi connectivity index (χ0v) is 12.3.